The van der Waals surface area contributed by atoms with E-state index in [0.29, 0.717) is 13.0 Å². The lowest BCUT2D eigenvalue weighted by atomic mass is 10.1. The Kier molecular flexibility index (Phi) is 5.14. The predicted molar refractivity (Wildman–Crippen MR) is 114 cm³/mol. The van der Waals surface area contributed by atoms with E-state index in [1.807, 2.05) is 35.0 Å². The predicted octanol–water partition coefficient (Wildman–Crippen LogP) is 3.95. The maximum Gasteiger partial charge on any atom is 0.265 e. The number of anilines is 1. The van der Waals surface area contributed by atoms with Crippen LogP contribution in [0, 0.1) is 0 Å². The molecule has 4 rings (SSSR count). The molecule has 2 heterocycles. The molecular weight excluding hydrogens is 392 g/mol. The lowest BCUT2D eigenvalue weighted by Crippen LogP contribution is -2.35. The van der Waals surface area contributed by atoms with E-state index in [9.17, 15) is 8.42 Å². The van der Waals surface area contributed by atoms with Crippen molar-refractivity contribution in [2.24, 2.45) is 0 Å². The Balaban J connectivity index is 1.67. The second kappa shape index (κ2) is 7.58. The standard InChI is InChI=1S/C21H20N2O3S2/c1-22-19-9-4-5-10-20(19)27-21(22)15-16-11-13-23(12-6-14-28(24,25)26)18-8-3-2-7-17(16)18/h2-5,7-11,13,15H,6,12,14H2,1H3/p+1. The summed E-state index contributed by atoms with van der Waals surface area (Å²) in [5.41, 5.74) is 3.36. The van der Waals surface area contributed by atoms with E-state index in [0.717, 1.165) is 21.5 Å². The molecule has 28 heavy (non-hydrogen) atoms. The van der Waals surface area contributed by atoms with Crippen molar-refractivity contribution in [2.45, 2.75) is 17.9 Å². The van der Waals surface area contributed by atoms with Gasteiger partial charge in [-0.05, 0) is 29.8 Å². The van der Waals surface area contributed by atoms with Crippen LogP contribution in [0.5, 0.6) is 0 Å². The summed E-state index contributed by atoms with van der Waals surface area (Å²) >= 11 is 1.75. The first-order chi connectivity index (χ1) is 13.4. The molecule has 7 heteroatoms. The Bertz CT molecular complexity index is 1170. The zero-order valence-electron chi connectivity index (χ0n) is 15.4. The lowest BCUT2D eigenvalue weighted by molar-refractivity contribution is -0.671. The van der Waals surface area contributed by atoms with Gasteiger partial charge in [-0.25, -0.2) is 0 Å². The van der Waals surface area contributed by atoms with Crippen molar-refractivity contribution in [3.63, 3.8) is 0 Å². The first kappa shape index (κ1) is 19.0. The summed E-state index contributed by atoms with van der Waals surface area (Å²) in [4.78, 5) is 3.44. The van der Waals surface area contributed by atoms with Crippen molar-refractivity contribution in [1.29, 1.82) is 0 Å². The molecule has 2 aromatic carbocycles. The van der Waals surface area contributed by atoms with Gasteiger partial charge in [-0.15, -0.1) is 0 Å². The highest BCUT2D eigenvalue weighted by molar-refractivity contribution is 8.03. The number of nitrogens with zero attached hydrogens (tertiary/aromatic N) is 2. The molecule has 0 unspecified atom stereocenters. The topological polar surface area (TPSA) is 61.5 Å². The SMILES string of the molecule is CN1/C(=C/c2cc[n+](CCCS(=O)(=O)O)c3ccccc23)Sc2ccccc21. The van der Waals surface area contributed by atoms with Crippen LogP contribution in [0.3, 0.4) is 0 Å². The van der Waals surface area contributed by atoms with Crippen molar-refractivity contribution >= 4 is 44.5 Å². The third-order valence-corrected chi connectivity index (χ3v) is 6.78. The number of fused-ring (bicyclic) bond motifs is 2. The molecule has 1 N–H and O–H groups in total. The minimum atomic E-state index is -3.93. The largest absolute Gasteiger partial charge is 0.338 e. The average Bonchev–Trinajstić information content (AvgIpc) is 2.98. The Morgan fingerprint density at radius 2 is 1.86 bits per heavy atom. The minimum absolute atomic E-state index is 0.236. The van der Waals surface area contributed by atoms with Gasteiger partial charge >= 0.3 is 0 Å². The lowest BCUT2D eigenvalue weighted by Gasteiger charge is -2.13. The van der Waals surface area contributed by atoms with Crippen molar-refractivity contribution < 1.29 is 17.5 Å². The number of pyridine rings is 1. The van der Waals surface area contributed by atoms with Crippen LogP contribution < -0.4 is 9.47 Å². The summed E-state index contributed by atoms with van der Waals surface area (Å²) in [7, 11) is -1.86. The molecule has 0 bridgehead atoms. The first-order valence-electron chi connectivity index (χ1n) is 9.01. The van der Waals surface area contributed by atoms with Gasteiger partial charge in [-0.1, -0.05) is 36.0 Å². The minimum Gasteiger partial charge on any atom is -0.338 e. The van der Waals surface area contributed by atoms with Crippen LogP contribution in [0.2, 0.25) is 0 Å². The molecule has 5 nitrogen and oxygen atoms in total. The molecule has 1 aromatic heterocycles. The molecule has 0 spiro atoms. The van der Waals surface area contributed by atoms with Gasteiger partial charge in [0.2, 0.25) is 5.52 Å². The van der Waals surface area contributed by atoms with Crippen molar-refractivity contribution in [3.8, 4) is 0 Å². The van der Waals surface area contributed by atoms with Gasteiger partial charge in [0.1, 0.15) is 6.54 Å². The zero-order chi connectivity index (χ0) is 19.7. The maximum absolute atomic E-state index is 11.0. The molecule has 144 valence electrons. The van der Waals surface area contributed by atoms with E-state index in [-0.39, 0.29) is 5.75 Å². The smallest absolute Gasteiger partial charge is 0.265 e. The summed E-state index contributed by atoms with van der Waals surface area (Å²) in [6, 6.07) is 18.5. The van der Waals surface area contributed by atoms with E-state index in [1.165, 1.54) is 10.6 Å². The maximum atomic E-state index is 11.0. The molecular formula is C21H21N2O3S2+. The number of aryl methyl sites for hydroxylation is 1. The number of rotatable bonds is 5. The highest BCUT2D eigenvalue weighted by Crippen LogP contribution is 2.45. The Morgan fingerprint density at radius 3 is 2.64 bits per heavy atom. The van der Waals surface area contributed by atoms with Crippen LogP contribution in [0.25, 0.3) is 17.0 Å². The third kappa shape index (κ3) is 3.92. The number of aromatic nitrogens is 1. The van der Waals surface area contributed by atoms with E-state index in [2.05, 4.69) is 48.4 Å². The monoisotopic (exact) mass is 413 g/mol. The van der Waals surface area contributed by atoms with Crippen molar-refractivity contribution in [1.82, 2.24) is 0 Å². The summed E-state index contributed by atoms with van der Waals surface area (Å²) in [5.74, 6) is -0.236. The van der Waals surface area contributed by atoms with Gasteiger partial charge in [0.05, 0.1) is 21.9 Å². The summed E-state index contributed by atoms with van der Waals surface area (Å²) in [6.07, 6.45) is 4.53. The van der Waals surface area contributed by atoms with E-state index < -0.39 is 10.1 Å². The highest BCUT2D eigenvalue weighted by atomic mass is 32.2. The number of thioether (sulfide) groups is 1. The number of hydrogen-bond acceptors (Lipinski definition) is 4. The second-order valence-corrected chi connectivity index (χ2v) is 9.37. The average molecular weight is 414 g/mol. The summed E-state index contributed by atoms with van der Waals surface area (Å²) in [5, 5.41) is 2.27. The molecule has 1 aliphatic rings. The van der Waals surface area contributed by atoms with Crippen LogP contribution >= 0.6 is 11.8 Å². The normalized spacial score (nSPS) is 15.4. The van der Waals surface area contributed by atoms with Crippen LogP contribution in [0.1, 0.15) is 12.0 Å². The first-order valence-corrected chi connectivity index (χ1v) is 11.4. The van der Waals surface area contributed by atoms with Gasteiger partial charge in [-0.3, -0.25) is 4.55 Å². The van der Waals surface area contributed by atoms with Crippen molar-refractivity contribution in [3.05, 3.63) is 71.4 Å². The second-order valence-electron chi connectivity index (χ2n) is 6.73. The molecule has 0 aliphatic carbocycles. The van der Waals surface area contributed by atoms with E-state index in [4.69, 9.17) is 4.55 Å². The number of benzene rings is 2. The van der Waals surface area contributed by atoms with E-state index in [1.54, 1.807) is 11.8 Å². The fraction of sp³-hybridized carbons (Fsp3) is 0.190. The molecule has 3 aromatic rings. The molecule has 0 fully saturated rings. The van der Waals surface area contributed by atoms with Crippen molar-refractivity contribution in [2.75, 3.05) is 17.7 Å². The quantitative estimate of drug-likeness (QED) is 0.507. The van der Waals surface area contributed by atoms with Crippen LogP contribution in [0.4, 0.5) is 5.69 Å². The fourth-order valence-corrected chi connectivity index (χ4v) is 5.02. The summed E-state index contributed by atoms with van der Waals surface area (Å²) in [6.45, 7) is 0.525. The van der Waals surface area contributed by atoms with Crippen LogP contribution in [0.15, 0.2) is 70.7 Å². The zero-order valence-corrected chi connectivity index (χ0v) is 17.1. The number of hydrogen-bond donors (Lipinski definition) is 1. The Morgan fingerprint density at radius 1 is 1.11 bits per heavy atom. The molecule has 0 saturated heterocycles. The van der Waals surface area contributed by atoms with Gasteiger partial charge < -0.3 is 4.90 Å². The highest BCUT2D eigenvalue weighted by Gasteiger charge is 2.22. The number of para-hydroxylation sites is 2. The fourth-order valence-electron chi connectivity index (χ4n) is 3.43. The third-order valence-electron chi connectivity index (χ3n) is 4.81. The molecule has 0 amide bonds. The van der Waals surface area contributed by atoms with Gasteiger partial charge in [-0.2, -0.15) is 13.0 Å². The van der Waals surface area contributed by atoms with Crippen LogP contribution in [-0.4, -0.2) is 25.8 Å². The van der Waals surface area contributed by atoms with E-state index >= 15 is 0 Å². The van der Waals surface area contributed by atoms with Gasteiger partial charge in [0.15, 0.2) is 6.20 Å². The Labute approximate surface area is 169 Å². The van der Waals surface area contributed by atoms with Crippen LogP contribution in [-0.2, 0) is 16.7 Å². The molecule has 0 radical (unpaired) electrons. The Hall–Kier alpha value is -2.35. The molecule has 1 aliphatic heterocycles. The summed E-state index contributed by atoms with van der Waals surface area (Å²) < 4.78 is 33.0. The van der Waals surface area contributed by atoms with Gasteiger partial charge in [0.25, 0.3) is 10.1 Å². The molecule has 0 saturated carbocycles. The molecule has 0 atom stereocenters. The van der Waals surface area contributed by atoms with Gasteiger partial charge in [0, 0.05) is 30.5 Å².